The van der Waals surface area contributed by atoms with E-state index >= 15 is 0 Å². The highest BCUT2D eigenvalue weighted by atomic mass is 19.1. The van der Waals surface area contributed by atoms with Crippen LogP contribution in [0.3, 0.4) is 0 Å². The number of para-hydroxylation sites is 1. The molecule has 8 nitrogen and oxygen atoms in total. The quantitative estimate of drug-likeness (QED) is 0.575. The maximum Gasteiger partial charge on any atom is 0.326 e. The van der Waals surface area contributed by atoms with Crippen molar-refractivity contribution in [3.8, 4) is 0 Å². The Bertz CT molecular complexity index is 782. The molecule has 3 amide bonds. The Morgan fingerprint density at radius 1 is 1.12 bits per heavy atom. The van der Waals surface area contributed by atoms with Crippen molar-refractivity contribution in [1.82, 2.24) is 5.32 Å². The van der Waals surface area contributed by atoms with Crippen LogP contribution in [0, 0.1) is 15.9 Å². The summed E-state index contributed by atoms with van der Waals surface area (Å²) < 4.78 is 13.4. The summed E-state index contributed by atoms with van der Waals surface area (Å²) in [6.45, 7) is -0.286. The van der Waals surface area contributed by atoms with Crippen LogP contribution in [0.2, 0.25) is 0 Å². The van der Waals surface area contributed by atoms with Gasteiger partial charge >= 0.3 is 6.03 Å². The number of benzene rings is 2. The van der Waals surface area contributed by atoms with E-state index in [4.69, 9.17) is 0 Å². The van der Waals surface area contributed by atoms with Crippen LogP contribution in [-0.2, 0) is 4.79 Å². The molecule has 0 heterocycles. The van der Waals surface area contributed by atoms with Crippen molar-refractivity contribution >= 4 is 29.0 Å². The number of nitro groups is 1. The van der Waals surface area contributed by atoms with Crippen molar-refractivity contribution in [1.29, 1.82) is 0 Å². The summed E-state index contributed by atoms with van der Waals surface area (Å²) >= 11 is 0. The van der Waals surface area contributed by atoms with Crippen LogP contribution in [-0.4, -0.2) is 23.4 Å². The van der Waals surface area contributed by atoms with E-state index in [1.54, 1.807) is 6.07 Å². The summed E-state index contributed by atoms with van der Waals surface area (Å²) in [5.41, 5.74) is 0.168. The fraction of sp³-hybridized carbons (Fsp3) is 0.0667. The first-order valence-corrected chi connectivity index (χ1v) is 6.79. The van der Waals surface area contributed by atoms with Gasteiger partial charge in [-0.2, -0.15) is 0 Å². The number of non-ortho nitro benzene ring substituents is 1. The predicted octanol–water partition coefficient (Wildman–Crippen LogP) is 2.49. The minimum atomic E-state index is -0.883. The minimum Gasteiger partial charge on any atom is -0.376 e. The van der Waals surface area contributed by atoms with E-state index in [1.165, 1.54) is 42.5 Å². The maximum atomic E-state index is 13.4. The fourth-order valence-electron chi connectivity index (χ4n) is 1.80. The van der Waals surface area contributed by atoms with Gasteiger partial charge in [0.2, 0.25) is 5.91 Å². The van der Waals surface area contributed by atoms with E-state index in [9.17, 15) is 24.1 Å². The largest absolute Gasteiger partial charge is 0.376 e. The molecule has 2 rings (SSSR count). The molecule has 2 aromatic rings. The number of hydrogen-bond acceptors (Lipinski definition) is 5. The molecule has 0 saturated carbocycles. The molecule has 2 aromatic carbocycles. The highest BCUT2D eigenvalue weighted by Crippen LogP contribution is 2.16. The first kappa shape index (κ1) is 16.9. The van der Waals surface area contributed by atoms with Crippen LogP contribution in [0.25, 0.3) is 0 Å². The predicted molar refractivity (Wildman–Crippen MR) is 85.1 cm³/mol. The van der Waals surface area contributed by atoms with Crippen molar-refractivity contribution in [3.05, 3.63) is 64.5 Å². The molecular formula is C15H13FN4O4. The number of halogens is 1. The number of nitrogens with one attached hydrogen (secondary N) is 3. The molecule has 0 saturated heterocycles. The van der Waals surface area contributed by atoms with Crippen LogP contribution in [0.4, 0.5) is 26.2 Å². The third-order valence-electron chi connectivity index (χ3n) is 2.89. The van der Waals surface area contributed by atoms with Crippen LogP contribution in [0.1, 0.15) is 0 Å². The van der Waals surface area contributed by atoms with Gasteiger partial charge in [-0.15, -0.1) is 0 Å². The summed E-state index contributed by atoms with van der Waals surface area (Å²) in [5.74, 6) is -1.31. The molecule has 0 aliphatic carbocycles. The number of hydrogen-bond donors (Lipinski definition) is 3. The smallest absolute Gasteiger partial charge is 0.326 e. The Balaban J connectivity index is 1.85. The van der Waals surface area contributed by atoms with Gasteiger partial charge in [-0.3, -0.25) is 20.2 Å². The number of nitro benzene ring substituents is 1. The van der Waals surface area contributed by atoms with Crippen molar-refractivity contribution in [2.24, 2.45) is 0 Å². The number of urea groups is 1. The van der Waals surface area contributed by atoms with Gasteiger partial charge in [0.25, 0.3) is 5.69 Å². The SMILES string of the molecule is O=C(CNc1cccc([N+](=O)[O-])c1)NC(=O)Nc1ccccc1F. The number of carbonyl (C=O) groups is 2. The van der Waals surface area contributed by atoms with E-state index in [2.05, 4.69) is 10.6 Å². The lowest BCUT2D eigenvalue weighted by Gasteiger charge is -2.08. The van der Waals surface area contributed by atoms with Gasteiger partial charge < -0.3 is 10.6 Å². The molecular weight excluding hydrogens is 319 g/mol. The number of imide groups is 1. The lowest BCUT2D eigenvalue weighted by atomic mass is 10.3. The second-order valence-electron chi connectivity index (χ2n) is 4.64. The highest BCUT2D eigenvalue weighted by molar-refractivity contribution is 6.02. The Hall–Kier alpha value is -3.49. The van der Waals surface area contributed by atoms with Crippen LogP contribution in [0.5, 0.6) is 0 Å². The van der Waals surface area contributed by atoms with E-state index in [0.717, 1.165) is 0 Å². The highest BCUT2D eigenvalue weighted by Gasteiger charge is 2.11. The monoisotopic (exact) mass is 332 g/mol. The number of amides is 3. The maximum absolute atomic E-state index is 13.4. The van der Waals surface area contributed by atoms with Gasteiger partial charge in [0.15, 0.2) is 0 Å². The zero-order chi connectivity index (χ0) is 17.5. The first-order chi connectivity index (χ1) is 11.5. The number of anilines is 2. The summed E-state index contributed by atoms with van der Waals surface area (Å²) in [7, 11) is 0. The van der Waals surface area contributed by atoms with Gasteiger partial charge in [0, 0.05) is 17.8 Å². The lowest BCUT2D eigenvalue weighted by Crippen LogP contribution is -2.38. The van der Waals surface area contributed by atoms with Gasteiger partial charge in [0.05, 0.1) is 17.2 Å². The molecule has 0 radical (unpaired) electrons. The second-order valence-corrected chi connectivity index (χ2v) is 4.64. The second kappa shape index (κ2) is 7.68. The summed E-state index contributed by atoms with van der Waals surface area (Å²) in [6, 6.07) is 10.2. The molecule has 9 heteroatoms. The number of carbonyl (C=O) groups excluding carboxylic acids is 2. The van der Waals surface area contributed by atoms with Crippen molar-refractivity contribution < 1.29 is 18.9 Å². The molecule has 0 fully saturated rings. The third kappa shape index (κ3) is 4.77. The van der Waals surface area contributed by atoms with E-state index < -0.39 is 22.7 Å². The third-order valence-corrected chi connectivity index (χ3v) is 2.89. The standard InChI is InChI=1S/C15H13FN4O4/c16-12-6-1-2-7-13(12)18-15(22)19-14(21)9-17-10-4-3-5-11(8-10)20(23)24/h1-8,17H,9H2,(H2,18,19,21,22). The Labute approximate surface area is 135 Å². The first-order valence-electron chi connectivity index (χ1n) is 6.79. The van der Waals surface area contributed by atoms with Gasteiger partial charge in [0.1, 0.15) is 5.82 Å². The Morgan fingerprint density at radius 3 is 2.58 bits per heavy atom. The van der Waals surface area contributed by atoms with E-state index in [0.29, 0.717) is 5.69 Å². The topological polar surface area (TPSA) is 113 Å². The molecule has 0 atom stereocenters. The lowest BCUT2D eigenvalue weighted by molar-refractivity contribution is -0.384. The molecule has 3 N–H and O–H groups in total. The van der Waals surface area contributed by atoms with Crippen molar-refractivity contribution in [2.45, 2.75) is 0 Å². The Morgan fingerprint density at radius 2 is 1.88 bits per heavy atom. The molecule has 124 valence electrons. The summed E-state index contributed by atoms with van der Waals surface area (Å²) in [6.07, 6.45) is 0. The fourth-order valence-corrected chi connectivity index (χ4v) is 1.80. The molecule has 24 heavy (non-hydrogen) atoms. The Kier molecular flexibility index (Phi) is 5.40. The summed E-state index contributed by atoms with van der Waals surface area (Å²) in [5, 5.41) is 17.5. The normalized spacial score (nSPS) is 9.88. The van der Waals surface area contributed by atoms with E-state index in [1.807, 2.05) is 5.32 Å². The minimum absolute atomic E-state index is 0.0607. The summed E-state index contributed by atoms with van der Waals surface area (Å²) in [4.78, 5) is 33.4. The average molecular weight is 332 g/mol. The van der Waals surface area contributed by atoms with E-state index in [-0.39, 0.29) is 17.9 Å². The van der Waals surface area contributed by atoms with Crippen LogP contribution >= 0.6 is 0 Å². The van der Waals surface area contributed by atoms with Crippen LogP contribution < -0.4 is 16.0 Å². The zero-order valence-electron chi connectivity index (χ0n) is 12.3. The molecule has 0 unspecified atom stereocenters. The van der Waals surface area contributed by atoms with Crippen molar-refractivity contribution in [2.75, 3.05) is 17.2 Å². The number of nitrogens with zero attached hydrogens (tertiary/aromatic N) is 1. The molecule has 0 aromatic heterocycles. The van der Waals surface area contributed by atoms with Crippen LogP contribution in [0.15, 0.2) is 48.5 Å². The molecule has 0 spiro atoms. The van der Waals surface area contributed by atoms with Crippen molar-refractivity contribution in [3.63, 3.8) is 0 Å². The molecule has 0 aliphatic heterocycles. The van der Waals surface area contributed by atoms with Gasteiger partial charge in [-0.05, 0) is 18.2 Å². The van der Waals surface area contributed by atoms with Gasteiger partial charge in [-0.1, -0.05) is 18.2 Å². The van der Waals surface area contributed by atoms with Gasteiger partial charge in [-0.25, -0.2) is 9.18 Å². The number of rotatable bonds is 5. The molecule has 0 aliphatic rings. The zero-order valence-corrected chi connectivity index (χ0v) is 12.3. The average Bonchev–Trinajstić information content (AvgIpc) is 2.55. The molecule has 0 bridgehead atoms.